The quantitative estimate of drug-likeness (QED) is 0.0430. The lowest BCUT2D eigenvalue weighted by atomic mass is 10.1. The summed E-state index contributed by atoms with van der Waals surface area (Å²) in [4.78, 5) is 0. The molecule has 0 saturated carbocycles. The maximum atomic E-state index is 2.45. The van der Waals surface area contributed by atoms with Crippen molar-refractivity contribution in [1.29, 1.82) is 0 Å². The Labute approximate surface area is 329 Å². The van der Waals surface area contributed by atoms with Crippen LogP contribution in [0.5, 0.6) is 0 Å². The van der Waals surface area contributed by atoms with Crippen LogP contribution in [0.1, 0.15) is 267 Å². The molecule has 1 unspecified atom stereocenters. The first-order valence-electron chi connectivity index (χ1n) is 24.7. The van der Waals surface area contributed by atoms with Crippen molar-refractivity contribution >= 4 is 14.5 Å². The van der Waals surface area contributed by atoms with E-state index in [0.717, 1.165) is 0 Å². The van der Waals surface area contributed by atoms with Gasteiger partial charge in [-0.25, -0.2) is 0 Å². The molecule has 0 aromatic carbocycles. The standard InChI is InChI=1S/C25H54P.C24H52P/c1-5-9-12-15-17-20-24-26(22-8-4,23-19-14-11-7-3)25-21-18-16-13-10-6-2;1-5-9-12-15-17-20-24-25(21-8-4,22-18-14-11-7-3)23-19-16-13-10-6-2/h5-25H2,1-4H3;5-24H2,1-4H3/q2*+1. The molecule has 0 aliphatic carbocycles. The Balaban J connectivity index is 0. The Bertz CT molecular complexity index is 601. The molecule has 0 aromatic rings. The maximum Gasteiger partial charge on any atom is 0.0594 e. The predicted octanol–water partition coefficient (Wildman–Crippen LogP) is 19.0. The molecule has 1 atom stereocenters. The zero-order valence-electron chi connectivity index (χ0n) is 37.9. The summed E-state index contributed by atoms with van der Waals surface area (Å²) >= 11 is 0. The molecular weight excluding hydrogens is 650 g/mol. The molecule has 0 rings (SSSR count). The molecule has 0 N–H and O–H groups in total. The molecule has 0 aliphatic heterocycles. The first-order valence-corrected chi connectivity index (χ1v) is 29.7. The minimum atomic E-state index is -0.648. The second-order valence-corrected chi connectivity index (χ2v) is 26.3. The summed E-state index contributed by atoms with van der Waals surface area (Å²) < 4.78 is 0. The summed E-state index contributed by atoms with van der Waals surface area (Å²) in [6.45, 7) is 18.9. The average molecular weight is 757 g/mol. The van der Waals surface area contributed by atoms with Crippen molar-refractivity contribution in [3.05, 3.63) is 0 Å². The third-order valence-electron chi connectivity index (χ3n) is 12.1. The minimum absolute atomic E-state index is 0.641. The number of hydrogen-bond acceptors (Lipinski definition) is 0. The van der Waals surface area contributed by atoms with Gasteiger partial charge in [0, 0.05) is 14.5 Å². The van der Waals surface area contributed by atoms with Gasteiger partial charge in [-0.1, -0.05) is 177 Å². The summed E-state index contributed by atoms with van der Waals surface area (Å²) in [6.07, 6.45) is 61.5. The molecule has 310 valence electrons. The van der Waals surface area contributed by atoms with Crippen LogP contribution >= 0.6 is 14.5 Å². The highest BCUT2D eigenvalue weighted by Gasteiger charge is 2.35. The fourth-order valence-electron chi connectivity index (χ4n) is 8.77. The highest BCUT2D eigenvalue weighted by Crippen LogP contribution is 2.62. The van der Waals surface area contributed by atoms with E-state index < -0.39 is 14.5 Å². The van der Waals surface area contributed by atoms with Gasteiger partial charge < -0.3 is 0 Å². The Morgan fingerprint density at radius 1 is 0.157 bits per heavy atom. The second-order valence-electron chi connectivity index (χ2n) is 17.3. The van der Waals surface area contributed by atoms with E-state index in [-0.39, 0.29) is 0 Å². The molecule has 0 radical (unpaired) electrons. The number of unbranched alkanes of at least 4 members (excludes halogenated alkanes) is 25. The van der Waals surface area contributed by atoms with Crippen molar-refractivity contribution in [2.45, 2.75) is 267 Å². The van der Waals surface area contributed by atoms with E-state index in [1.165, 1.54) is 193 Å². The number of hydrogen-bond donors (Lipinski definition) is 0. The zero-order valence-corrected chi connectivity index (χ0v) is 39.7. The van der Waals surface area contributed by atoms with Crippen molar-refractivity contribution in [3.63, 3.8) is 0 Å². The third-order valence-corrected chi connectivity index (χ3v) is 22.4. The van der Waals surface area contributed by atoms with Crippen molar-refractivity contribution in [1.82, 2.24) is 0 Å². The monoisotopic (exact) mass is 757 g/mol. The van der Waals surface area contributed by atoms with Crippen LogP contribution in [-0.2, 0) is 0 Å². The van der Waals surface area contributed by atoms with Gasteiger partial charge in [0.25, 0.3) is 0 Å². The first-order chi connectivity index (χ1) is 25.0. The molecule has 0 heterocycles. The van der Waals surface area contributed by atoms with Crippen LogP contribution in [0.25, 0.3) is 0 Å². The molecule has 0 saturated heterocycles. The number of rotatable bonds is 41. The van der Waals surface area contributed by atoms with E-state index in [9.17, 15) is 0 Å². The van der Waals surface area contributed by atoms with E-state index >= 15 is 0 Å². The van der Waals surface area contributed by atoms with Crippen molar-refractivity contribution < 1.29 is 0 Å². The van der Waals surface area contributed by atoms with Crippen molar-refractivity contribution in [3.8, 4) is 0 Å². The SMILES string of the molecule is CCCCCCCC[P+](CCC)(CCCCCC)CCCCCCC.CCCCCCCC[P+](CCC)(CCCCCC)CCCCCCCC. The zero-order chi connectivity index (χ0) is 38.0. The molecule has 0 bridgehead atoms. The van der Waals surface area contributed by atoms with Crippen molar-refractivity contribution in [2.24, 2.45) is 0 Å². The van der Waals surface area contributed by atoms with E-state index in [1.54, 1.807) is 68.6 Å². The lowest BCUT2D eigenvalue weighted by Crippen LogP contribution is -2.13. The average Bonchev–Trinajstić information content (AvgIpc) is 3.13. The molecular formula is C49H106P2+2. The van der Waals surface area contributed by atoms with Gasteiger partial charge in [-0.15, -0.1) is 0 Å². The molecule has 0 nitrogen and oxygen atoms in total. The summed E-state index contributed by atoms with van der Waals surface area (Å²) in [6, 6.07) is 0. The van der Waals surface area contributed by atoms with Crippen LogP contribution in [0, 0.1) is 0 Å². The van der Waals surface area contributed by atoms with Crippen molar-refractivity contribution in [2.75, 3.05) is 49.3 Å². The van der Waals surface area contributed by atoms with E-state index in [2.05, 4.69) is 55.4 Å². The van der Waals surface area contributed by atoms with Crippen LogP contribution < -0.4 is 0 Å². The summed E-state index contributed by atoms with van der Waals surface area (Å²) in [5, 5.41) is 0. The third kappa shape index (κ3) is 36.3. The van der Waals surface area contributed by atoms with Gasteiger partial charge in [0.2, 0.25) is 0 Å². The molecule has 51 heavy (non-hydrogen) atoms. The molecule has 2 heteroatoms. The minimum Gasteiger partial charge on any atom is -0.0654 e. The molecule has 0 aliphatic rings. The van der Waals surface area contributed by atoms with E-state index in [4.69, 9.17) is 0 Å². The molecule has 0 amide bonds. The van der Waals surface area contributed by atoms with Gasteiger partial charge >= 0.3 is 0 Å². The van der Waals surface area contributed by atoms with E-state index in [0.29, 0.717) is 0 Å². The smallest absolute Gasteiger partial charge is 0.0594 e. The predicted molar refractivity (Wildman–Crippen MR) is 251 cm³/mol. The highest BCUT2D eigenvalue weighted by atomic mass is 31.2. The van der Waals surface area contributed by atoms with E-state index in [1.807, 2.05) is 0 Å². The Hall–Kier alpha value is 0.860. The molecule has 0 aromatic heterocycles. The lowest BCUT2D eigenvalue weighted by Gasteiger charge is -2.28. The van der Waals surface area contributed by atoms with Crippen LogP contribution in [-0.4, -0.2) is 49.3 Å². The second kappa shape index (κ2) is 43.6. The van der Waals surface area contributed by atoms with Gasteiger partial charge in [-0.3, -0.25) is 0 Å². The Morgan fingerprint density at radius 2 is 0.314 bits per heavy atom. The van der Waals surface area contributed by atoms with Gasteiger partial charge in [0.1, 0.15) is 0 Å². The van der Waals surface area contributed by atoms with Crippen LogP contribution in [0.15, 0.2) is 0 Å². The summed E-state index contributed by atoms with van der Waals surface area (Å²) in [5.41, 5.74) is 0. The van der Waals surface area contributed by atoms with Crippen LogP contribution in [0.3, 0.4) is 0 Å². The highest BCUT2D eigenvalue weighted by molar-refractivity contribution is 7.76. The fraction of sp³-hybridized carbons (Fsp3) is 1.00. The molecule has 0 spiro atoms. The normalized spacial score (nSPS) is 12.9. The lowest BCUT2D eigenvalue weighted by molar-refractivity contribution is 0.619. The van der Waals surface area contributed by atoms with Gasteiger partial charge in [0.15, 0.2) is 0 Å². The topological polar surface area (TPSA) is 0 Å². The van der Waals surface area contributed by atoms with Gasteiger partial charge in [-0.05, 0) is 89.9 Å². The Kier molecular flexibility index (Phi) is 46.1. The Morgan fingerprint density at radius 3 is 0.490 bits per heavy atom. The first kappa shape index (κ1) is 54.0. The fourth-order valence-corrected chi connectivity index (χ4v) is 18.7. The maximum absolute atomic E-state index is 2.45. The van der Waals surface area contributed by atoms with Gasteiger partial charge in [-0.2, -0.15) is 0 Å². The van der Waals surface area contributed by atoms with Crippen LogP contribution in [0.4, 0.5) is 0 Å². The molecule has 0 fully saturated rings. The largest absolute Gasteiger partial charge is 0.0654 e. The van der Waals surface area contributed by atoms with Crippen LogP contribution in [0.2, 0.25) is 0 Å². The summed E-state index contributed by atoms with van der Waals surface area (Å²) in [7, 11) is -1.29. The summed E-state index contributed by atoms with van der Waals surface area (Å²) in [5.74, 6) is 0. The van der Waals surface area contributed by atoms with Gasteiger partial charge in [0.05, 0.1) is 49.3 Å².